The zero-order valence-corrected chi connectivity index (χ0v) is 19.0. The Kier molecular flexibility index (Phi) is 5.63. The molecule has 0 bridgehead atoms. The average molecular weight is 451 g/mol. The zero-order valence-electron chi connectivity index (χ0n) is 18.3. The third-order valence-electron chi connectivity index (χ3n) is 5.95. The van der Waals surface area contributed by atoms with Crippen molar-refractivity contribution >= 4 is 34.0 Å². The van der Waals surface area contributed by atoms with Crippen molar-refractivity contribution in [3.05, 3.63) is 70.9 Å². The van der Waals surface area contributed by atoms with Gasteiger partial charge in [-0.2, -0.15) is 5.10 Å². The number of aryl methyl sites for hydroxylation is 2. The van der Waals surface area contributed by atoms with E-state index in [0.717, 1.165) is 77.0 Å². The molecule has 4 heterocycles. The van der Waals surface area contributed by atoms with Gasteiger partial charge in [-0.25, -0.2) is 9.67 Å². The van der Waals surface area contributed by atoms with Gasteiger partial charge in [0.2, 0.25) is 0 Å². The van der Waals surface area contributed by atoms with E-state index in [4.69, 9.17) is 21.7 Å². The van der Waals surface area contributed by atoms with Gasteiger partial charge in [0.1, 0.15) is 5.82 Å². The van der Waals surface area contributed by atoms with E-state index in [1.807, 2.05) is 47.8 Å². The molecule has 0 unspecified atom stereocenters. The van der Waals surface area contributed by atoms with E-state index >= 15 is 0 Å². The zero-order chi connectivity index (χ0) is 22.2. The van der Waals surface area contributed by atoms with Gasteiger partial charge in [0, 0.05) is 61.2 Å². The number of rotatable bonds is 4. The number of anilines is 1. The normalized spacial score (nSPS) is 17.6. The maximum atomic E-state index is 9.55. The molecule has 1 fully saturated rings. The summed E-state index contributed by atoms with van der Waals surface area (Å²) in [4.78, 5) is 7.09. The highest BCUT2D eigenvalue weighted by Gasteiger charge is 2.25. The molecule has 2 N–H and O–H groups in total. The van der Waals surface area contributed by atoms with Crippen LogP contribution in [0.1, 0.15) is 24.1 Å². The largest absolute Gasteiger partial charge is 0.390 e. The van der Waals surface area contributed by atoms with E-state index in [9.17, 15) is 5.11 Å². The summed E-state index contributed by atoms with van der Waals surface area (Å²) in [5.74, 6) is 1.55. The monoisotopic (exact) mass is 450 g/mol. The Hall–Kier alpha value is -2.87. The molecule has 0 spiro atoms. The minimum atomic E-state index is -0.202. The van der Waals surface area contributed by atoms with Crippen molar-refractivity contribution in [2.45, 2.75) is 32.4 Å². The average Bonchev–Trinajstić information content (AvgIpc) is 3.22. The highest BCUT2D eigenvalue weighted by molar-refractivity contribution is 6.35. The lowest BCUT2D eigenvalue weighted by molar-refractivity contribution is -0.00297. The van der Waals surface area contributed by atoms with Gasteiger partial charge in [-0.3, -0.25) is 4.90 Å². The van der Waals surface area contributed by atoms with E-state index in [0.29, 0.717) is 0 Å². The first-order valence-electron chi connectivity index (χ1n) is 10.9. The number of aliphatic hydroxyl groups is 1. The Balaban J connectivity index is 1.40. The van der Waals surface area contributed by atoms with Gasteiger partial charge in [0.05, 0.1) is 16.8 Å². The maximum Gasteiger partial charge on any atom is 0.155 e. The number of halogens is 1. The first-order chi connectivity index (χ1) is 15.5. The number of hydrogen-bond donors (Lipinski definition) is 2. The number of likely N-dealkylation sites (tertiary alicyclic amines) is 1. The molecule has 2 aliphatic heterocycles. The van der Waals surface area contributed by atoms with Gasteiger partial charge in [-0.05, 0) is 50.1 Å². The lowest BCUT2D eigenvalue weighted by Gasteiger charge is -2.35. The van der Waals surface area contributed by atoms with Crippen molar-refractivity contribution in [2.24, 2.45) is 12.0 Å². The summed E-state index contributed by atoms with van der Waals surface area (Å²) in [7, 11) is 1.99. The predicted octanol–water partition coefficient (Wildman–Crippen LogP) is 4.06. The standard InChI is InChI=1S/C24H27ClN6O/c1-16-17(11-30-13-19(32)14-30)12-31(28-16)24-7-5-3-4-6-23(27-24)26-18-8-9-22-20(10-18)21(25)15-29(22)2/h5-10,12,15,19,26,32H,3-4,11,13-14H2,1-2H3. The van der Waals surface area contributed by atoms with E-state index in [1.165, 1.54) is 0 Å². The van der Waals surface area contributed by atoms with Crippen LogP contribution in [0.3, 0.4) is 0 Å². The van der Waals surface area contributed by atoms with Crippen LogP contribution in [0.4, 0.5) is 5.69 Å². The van der Waals surface area contributed by atoms with Crippen molar-refractivity contribution in [2.75, 3.05) is 18.4 Å². The first kappa shape index (κ1) is 21.0. The Morgan fingerprint density at radius 2 is 2.06 bits per heavy atom. The molecular weight excluding hydrogens is 424 g/mol. The van der Waals surface area contributed by atoms with Crippen molar-refractivity contribution in [1.82, 2.24) is 19.2 Å². The van der Waals surface area contributed by atoms with Crippen LogP contribution in [0.25, 0.3) is 10.9 Å². The minimum Gasteiger partial charge on any atom is -0.390 e. The SMILES string of the molecule is Cc1nn(C2=NC(Nc3ccc4c(c3)c(Cl)cn4C)=CCCC=C2)cc1CN1CC(O)C1. The molecular formula is C24H27ClN6O. The summed E-state index contributed by atoms with van der Waals surface area (Å²) in [6.45, 7) is 4.25. The van der Waals surface area contributed by atoms with Crippen LogP contribution < -0.4 is 5.32 Å². The van der Waals surface area contributed by atoms with Gasteiger partial charge in [0.15, 0.2) is 5.84 Å². The molecule has 3 aromatic rings. The number of allylic oxidation sites excluding steroid dienone is 3. The molecule has 0 amide bonds. The lowest BCUT2D eigenvalue weighted by Crippen LogP contribution is -2.49. The molecule has 0 radical (unpaired) electrons. The fourth-order valence-corrected chi connectivity index (χ4v) is 4.47. The molecule has 2 aromatic heterocycles. The second kappa shape index (κ2) is 8.58. The van der Waals surface area contributed by atoms with Crippen LogP contribution in [0.2, 0.25) is 5.02 Å². The van der Waals surface area contributed by atoms with E-state index < -0.39 is 0 Å². The molecule has 0 atom stereocenters. The lowest BCUT2D eigenvalue weighted by atomic mass is 10.1. The molecule has 1 aromatic carbocycles. The summed E-state index contributed by atoms with van der Waals surface area (Å²) in [6, 6.07) is 6.16. The van der Waals surface area contributed by atoms with E-state index in [2.05, 4.69) is 34.5 Å². The maximum absolute atomic E-state index is 9.55. The predicted molar refractivity (Wildman–Crippen MR) is 129 cm³/mol. The third-order valence-corrected chi connectivity index (χ3v) is 6.25. The van der Waals surface area contributed by atoms with Crippen LogP contribution in [0.15, 0.2) is 59.6 Å². The molecule has 32 heavy (non-hydrogen) atoms. The summed E-state index contributed by atoms with van der Waals surface area (Å²) in [6.07, 6.45) is 11.9. The molecule has 7 nitrogen and oxygen atoms in total. The van der Waals surface area contributed by atoms with Crippen LogP contribution in [0.5, 0.6) is 0 Å². The number of aliphatic hydroxyl groups excluding tert-OH is 1. The number of fused-ring (bicyclic) bond motifs is 1. The summed E-state index contributed by atoms with van der Waals surface area (Å²) in [5, 5.41) is 19.4. The van der Waals surface area contributed by atoms with Gasteiger partial charge >= 0.3 is 0 Å². The quantitative estimate of drug-likeness (QED) is 0.628. The van der Waals surface area contributed by atoms with Crippen molar-refractivity contribution < 1.29 is 5.11 Å². The van der Waals surface area contributed by atoms with Gasteiger partial charge < -0.3 is 15.0 Å². The topological polar surface area (TPSA) is 70.6 Å². The Labute approximate surface area is 192 Å². The van der Waals surface area contributed by atoms with Crippen molar-refractivity contribution in [1.29, 1.82) is 0 Å². The molecule has 2 aliphatic rings. The van der Waals surface area contributed by atoms with Crippen molar-refractivity contribution in [3.8, 4) is 0 Å². The van der Waals surface area contributed by atoms with Gasteiger partial charge in [0.25, 0.3) is 0 Å². The Morgan fingerprint density at radius 3 is 2.88 bits per heavy atom. The van der Waals surface area contributed by atoms with E-state index in [1.54, 1.807) is 0 Å². The highest BCUT2D eigenvalue weighted by Crippen LogP contribution is 2.28. The second-order valence-corrected chi connectivity index (χ2v) is 8.92. The fraction of sp³-hybridized carbons (Fsp3) is 0.333. The summed E-state index contributed by atoms with van der Waals surface area (Å²) in [5.41, 5.74) is 4.16. The number of aromatic nitrogens is 3. The Bertz CT molecular complexity index is 1240. The first-order valence-corrected chi connectivity index (χ1v) is 11.3. The van der Waals surface area contributed by atoms with Gasteiger partial charge in [-0.1, -0.05) is 17.7 Å². The number of hydrogen-bond acceptors (Lipinski definition) is 5. The van der Waals surface area contributed by atoms with Crippen LogP contribution >= 0.6 is 11.6 Å². The van der Waals surface area contributed by atoms with Gasteiger partial charge in [-0.15, -0.1) is 0 Å². The Morgan fingerprint density at radius 1 is 1.22 bits per heavy atom. The number of benzene rings is 1. The van der Waals surface area contributed by atoms with Crippen LogP contribution in [-0.4, -0.2) is 49.4 Å². The van der Waals surface area contributed by atoms with Crippen molar-refractivity contribution in [3.63, 3.8) is 0 Å². The van der Waals surface area contributed by atoms with Crippen LogP contribution in [0, 0.1) is 6.92 Å². The fourth-order valence-electron chi connectivity index (χ4n) is 4.17. The number of β-amino-alcohol motifs (C(OH)–C–C–N with tert-alkyl or cyclic N) is 1. The molecule has 1 saturated heterocycles. The summed E-state index contributed by atoms with van der Waals surface area (Å²) >= 11 is 6.39. The number of nitrogens with zero attached hydrogens (tertiary/aromatic N) is 5. The molecule has 0 aliphatic carbocycles. The second-order valence-electron chi connectivity index (χ2n) is 8.52. The molecule has 166 valence electrons. The molecule has 8 heteroatoms. The highest BCUT2D eigenvalue weighted by atomic mass is 35.5. The molecule has 0 saturated carbocycles. The molecule has 5 rings (SSSR count). The van der Waals surface area contributed by atoms with E-state index in [-0.39, 0.29) is 6.10 Å². The number of nitrogens with one attached hydrogen (secondary N) is 1. The summed E-state index contributed by atoms with van der Waals surface area (Å²) < 4.78 is 3.87. The van der Waals surface area contributed by atoms with Crippen LogP contribution in [-0.2, 0) is 13.6 Å². The number of aliphatic imine (C=N–C) groups is 1. The third kappa shape index (κ3) is 4.24. The smallest absolute Gasteiger partial charge is 0.155 e. The minimum absolute atomic E-state index is 0.202.